The van der Waals surface area contributed by atoms with Crippen molar-refractivity contribution in [2.75, 3.05) is 13.1 Å². The smallest absolute Gasteiger partial charge is 0.344 e. The molecule has 0 saturated carbocycles. The van der Waals surface area contributed by atoms with Crippen LogP contribution in [0.1, 0.15) is 25.3 Å². The number of hydrogen-bond acceptors (Lipinski definition) is 5. The van der Waals surface area contributed by atoms with Crippen molar-refractivity contribution in [1.82, 2.24) is 0 Å². The molecule has 0 radical (unpaired) electrons. The third-order valence-corrected chi connectivity index (χ3v) is 6.48. The summed E-state index contributed by atoms with van der Waals surface area (Å²) in [5.41, 5.74) is 0.536. The standard InChI is InChI=1S/C25H22ClNO5/c1-14-3-2-8-27(12-14)13-20-21(28)6-5-17-18(11-23(29)32-24(17)20)19-10-15-9-16(26)4-7-22(15)31-25(19)30/h4-7,9-11,14,28H,2-3,8,12-13H2,1H3. The fourth-order valence-electron chi connectivity index (χ4n) is 4.74. The van der Waals surface area contributed by atoms with Gasteiger partial charge in [-0.25, -0.2) is 9.59 Å². The van der Waals surface area contributed by atoms with E-state index in [1.165, 1.54) is 23.5 Å². The predicted octanol–water partition coefficient (Wildman–Crippen LogP) is 3.11. The first-order valence-electron chi connectivity index (χ1n) is 10.7. The molecule has 6 nitrogen and oxygen atoms in total. The molecule has 2 aromatic heterocycles. The van der Waals surface area contributed by atoms with Gasteiger partial charge in [-0.2, -0.15) is 0 Å². The van der Waals surface area contributed by atoms with Gasteiger partial charge in [-0.1, -0.05) is 36.4 Å². The van der Waals surface area contributed by atoms with Crippen LogP contribution in [0.4, 0.5) is 0 Å². The van der Waals surface area contributed by atoms with Gasteiger partial charge in [0.25, 0.3) is 0 Å². The summed E-state index contributed by atoms with van der Waals surface area (Å²) < 4.78 is 11.0. The number of hydrogen-bond donors (Lipinski definition) is 1. The molecule has 164 valence electrons. The lowest BCUT2D eigenvalue weighted by molar-refractivity contribution is -0.922. The molecule has 32 heavy (non-hydrogen) atoms. The SMILES string of the molecule is CC1CCC[NH+](Cc2c([O-])ccc3c(-c4cc5cc(Cl)ccc5oc4=O)cc(=O)oc23)C1. The second-order valence-corrected chi connectivity index (χ2v) is 9.09. The van der Waals surface area contributed by atoms with Gasteiger partial charge in [-0.15, -0.1) is 0 Å². The molecular formula is C25H22ClNO5. The minimum atomic E-state index is -0.619. The van der Waals surface area contributed by atoms with Gasteiger partial charge in [0.2, 0.25) is 0 Å². The number of likely N-dealkylation sites (tertiary alicyclic amines) is 1. The van der Waals surface area contributed by atoms with Crippen LogP contribution in [0.25, 0.3) is 33.1 Å². The summed E-state index contributed by atoms with van der Waals surface area (Å²) in [6.07, 6.45) is 2.29. The third-order valence-electron chi connectivity index (χ3n) is 6.25. The molecule has 3 heterocycles. The normalized spacial score (nSPS) is 18.9. The monoisotopic (exact) mass is 451 g/mol. The van der Waals surface area contributed by atoms with E-state index in [-0.39, 0.29) is 16.9 Å². The number of quaternary nitrogens is 1. The van der Waals surface area contributed by atoms with Gasteiger partial charge in [-0.05, 0) is 37.1 Å². The third kappa shape index (κ3) is 3.80. The van der Waals surface area contributed by atoms with Crippen LogP contribution in [-0.2, 0) is 6.54 Å². The molecule has 2 atom stereocenters. The van der Waals surface area contributed by atoms with Crippen molar-refractivity contribution in [2.45, 2.75) is 26.3 Å². The van der Waals surface area contributed by atoms with Crippen LogP contribution in [0, 0.1) is 5.92 Å². The van der Waals surface area contributed by atoms with Gasteiger partial charge in [0.1, 0.15) is 17.7 Å². The fraction of sp³-hybridized carbons (Fsp3) is 0.280. The summed E-state index contributed by atoms with van der Waals surface area (Å²) in [5, 5.41) is 14.4. The maximum Gasteiger partial charge on any atom is 0.344 e. The highest BCUT2D eigenvalue weighted by Gasteiger charge is 2.23. The molecule has 0 bridgehead atoms. The Morgan fingerprint density at radius 2 is 1.94 bits per heavy atom. The van der Waals surface area contributed by atoms with E-state index in [0.717, 1.165) is 19.5 Å². The zero-order valence-corrected chi connectivity index (χ0v) is 18.3. The number of nitrogens with one attached hydrogen (secondary N) is 1. The molecule has 1 aliphatic heterocycles. The largest absolute Gasteiger partial charge is 0.872 e. The molecule has 0 aliphatic carbocycles. The molecule has 2 unspecified atom stereocenters. The highest BCUT2D eigenvalue weighted by atomic mass is 35.5. The van der Waals surface area contributed by atoms with E-state index in [4.69, 9.17) is 20.4 Å². The molecule has 4 aromatic rings. The molecule has 1 fully saturated rings. The highest BCUT2D eigenvalue weighted by Crippen LogP contribution is 2.32. The lowest BCUT2D eigenvalue weighted by Gasteiger charge is -2.29. The maximum absolute atomic E-state index is 12.8. The van der Waals surface area contributed by atoms with Crippen molar-refractivity contribution >= 4 is 33.5 Å². The first kappa shape index (κ1) is 20.8. The summed E-state index contributed by atoms with van der Waals surface area (Å²) >= 11 is 6.10. The van der Waals surface area contributed by atoms with Gasteiger partial charge >= 0.3 is 11.3 Å². The minimum absolute atomic E-state index is 0.166. The van der Waals surface area contributed by atoms with Crippen LogP contribution < -0.4 is 21.3 Å². The summed E-state index contributed by atoms with van der Waals surface area (Å²) in [5.74, 6) is 0.418. The summed E-state index contributed by atoms with van der Waals surface area (Å²) in [6.45, 7) is 4.63. The van der Waals surface area contributed by atoms with Crippen molar-refractivity contribution < 1.29 is 18.8 Å². The second kappa shape index (κ2) is 8.11. The Morgan fingerprint density at radius 1 is 1.09 bits per heavy atom. The average molecular weight is 452 g/mol. The lowest BCUT2D eigenvalue weighted by atomic mass is 9.97. The zero-order chi connectivity index (χ0) is 22.4. The predicted molar refractivity (Wildman–Crippen MR) is 121 cm³/mol. The average Bonchev–Trinajstić information content (AvgIpc) is 2.75. The topological polar surface area (TPSA) is 87.9 Å². The van der Waals surface area contributed by atoms with Crippen molar-refractivity contribution in [1.29, 1.82) is 0 Å². The van der Waals surface area contributed by atoms with Crippen LogP contribution in [0.3, 0.4) is 0 Å². The Bertz CT molecular complexity index is 1450. The van der Waals surface area contributed by atoms with Gasteiger partial charge in [0, 0.05) is 38.9 Å². The van der Waals surface area contributed by atoms with E-state index in [2.05, 4.69) is 6.92 Å². The summed E-state index contributed by atoms with van der Waals surface area (Å²) in [7, 11) is 0. The number of piperidine rings is 1. The molecule has 1 aliphatic rings. The van der Waals surface area contributed by atoms with Crippen molar-refractivity contribution in [3.8, 4) is 16.9 Å². The second-order valence-electron chi connectivity index (χ2n) is 8.66. The summed E-state index contributed by atoms with van der Waals surface area (Å²) in [6, 6.07) is 11.0. The molecule has 0 amide bonds. The van der Waals surface area contributed by atoms with Crippen molar-refractivity contribution in [3.63, 3.8) is 0 Å². The maximum atomic E-state index is 12.8. The number of fused-ring (bicyclic) bond motifs is 2. The molecule has 1 N–H and O–H groups in total. The van der Waals surface area contributed by atoms with E-state index in [1.807, 2.05) is 0 Å². The number of rotatable bonds is 3. The van der Waals surface area contributed by atoms with Crippen LogP contribution in [0.2, 0.25) is 5.02 Å². The molecule has 0 spiro atoms. The molecule has 7 heteroatoms. The van der Waals surface area contributed by atoms with Crippen LogP contribution in [-0.4, -0.2) is 13.1 Å². The van der Waals surface area contributed by atoms with E-state index in [0.29, 0.717) is 45.0 Å². The van der Waals surface area contributed by atoms with Gasteiger partial charge in [0.05, 0.1) is 18.7 Å². The quantitative estimate of drug-likeness (QED) is 0.483. The highest BCUT2D eigenvalue weighted by molar-refractivity contribution is 6.31. The van der Waals surface area contributed by atoms with Gasteiger partial charge in [-0.3, -0.25) is 0 Å². The number of benzene rings is 2. The van der Waals surface area contributed by atoms with E-state index in [9.17, 15) is 14.7 Å². The molecule has 1 saturated heterocycles. The van der Waals surface area contributed by atoms with E-state index >= 15 is 0 Å². The fourth-order valence-corrected chi connectivity index (χ4v) is 4.92. The van der Waals surface area contributed by atoms with Crippen molar-refractivity contribution in [2.24, 2.45) is 5.92 Å². The van der Waals surface area contributed by atoms with Crippen molar-refractivity contribution in [3.05, 3.63) is 73.9 Å². The zero-order valence-electron chi connectivity index (χ0n) is 17.6. The first-order chi connectivity index (χ1) is 15.4. The molecule has 5 rings (SSSR count). The lowest BCUT2D eigenvalue weighted by Crippen LogP contribution is -3.12. The number of halogens is 1. The summed E-state index contributed by atoms with van der Waals surface area (Å²) in [4.78, 5) is 26.6. The van der Waals surface area contributed by atoms with Gasteiger partial charge in [0.15, 0.2) is 0 Å². The van der Waals surface area contributed by atoms with Crippen LogP contribution in [0.5, 0.6) is 5.75 Å². The Morgan fingerprint density at radius 3 is 2.75 bits per heavy atom. The Hall–Kier alpha value is -3.09. The Balaban J connectivity index is 1.70. The Kier molecular flexibility index (Phi) is 5.27. The molecule has 2 aromatic carbocycles. The van der Waals surface area contributed by atoms with E-state index in [1.54, 1.807) is 30.3 Å². The first-order valence-corrected chi connectivity index (χ1v) is 11.1. The Labute approximate surface area is 188 Å². The van der Waals surface area contributed by atoms with Gasteiger partial charge < -0.3 is 18.8 Å². The van der Waals surface area contributed by atoms with Crippen LogP contribution in [0.15, 0.2) is 60.9 Å². The minimum Gasteiger partial charge on any atom is -0.872 e. The van der Waals surface area contributed by atoms with Crippen LogP contribution >= 0.6 is 11.6 Å². The van der Waals surface area contributed by atoms with E-state index < -0.39 is 11.3 Å². The molecular weight excluding hydrogens is 430 g/mol.